The molecule has 0 amide bonds. The van der Waals surface area contributed by atoms with Gasteiger partial charge in [0, 0.05) is 11.4 Å². The van der Waals surface area contributed by atoms with Crippen LogP contribution >= 0.6 is 0 Å². The molecule has 2 aromatic carbocycles. The van der Waals surface area contributed by atoms with E-state index in [1.165, 1.54) is 0 Å². The predicted octanol–water partition coefficient (Wildman–Crippen LogP) is 3.01. The molecule has 7 nitrogen and oxygen atoms in total. The SMILES string of the molecule is Cc1cc(S(=O)(=O)NC2CC(O)(C3CC3)C2)ccc1-c1ccc2[nH]nc(N)c2c1C. The summed E-state index contributed by atoms with van der Waals surface area (Å²) in [6.07, 6.45) is 3.09. The molecular formula is C22H26N4O3S. The summed E-state index contributed by atoms with van der Waals surface area (Å²) >= 11 is 0. The molecule has 0 bridgehead atoms. The summed E-state index contributed by atoms with van der Waals surface area (Å²) in [5, 5.41) is 18.3. The van der Waals surface area contributed by atoms with Crippen molar-refractivity contribution in [3.8, 4) is 11.1 Å². The molecule has 158 valence electrons. The van der Waals surface area contributed by atoms with Crippen LogP contribution < -0.4 is 10.5 Å². The normalized spacial score (nSPS) is 24.2. The van der Waals surface area contributed by atoms with Gasteiger partial charge in [0.05, 0.1) is 16.0 Å². The number of nitrogens with two attached hydrogens (primary N) is 1. The molecule has 0 spiro atoms. The number of aryl methyl sites for hydroxylation is 2. The third-order valence-corrected chi connectivity index (χ3v) is 8.19. The van der Waals surface area contributed by atoms with E-state index in [2.05, 4.69) is 14.9 Å². The zero-order chi connectivity index (χ0) is 21.3. The minimum atomic E-state index is -3.64. The van der Waals surface area contributed by atoms with Crippen molar-refractivity contribution in [2.75, 3.05) is 5.73 Å². The van der Waals surface area contributed by atoms with Gasteiger partial charge in [0.25, 0.3) is 0 Å². The van der Waals surface area contributed by atoms with Gasteiger partial charge in [-0.3, -0.25) is 5.10 Å². The van der Waals surface area contributed by atoms with Crippen molar-refractivity contribution < 1.29 is 13.5 Å². The van der Waals surface area contributed by atoms with E-state index in [0.29, 0.717) is 24.6 Å². The molecular weight excluding hydrogens is 400 g/mol. The highest BCUT2D eigenvalue weighted by molar-refractivity contribution is 7.89. The summed E-state index contributed by atoms with van der Waals surface area (Å²) in [5.74, 6) is 0.807. The maximum Gasteiger partial charge on any atom is 0.240 e. The number of nitrogen functional groups attached to an aromatic ring is 1. The zero-order valence-corrected chi connectivity index (χ0v) is 17.9. The molecule has 8 heteroatoms. The Labute approximate surface area is 175 Å². The molecule has 0 atom stereocenters. The Morgan fingerprint density at radius 1 is 1.17 bits per heavy atom. The van der Waals surface area contributed by atoms with E-state index in [1.54, 1.807) is 12.1 Å². The molecule has 30 heavy (non-hydrogen) atoms. The Bertz CT molecular complexity index is 1250. The monoisotopic (exact) mass is 426 g/mol. The van der Waals surface area contributed by atoms with E-state index in [0.717, 1.165) is 46.0 Å². The maximum absolute atomic E-state index is 12.9. The molecule has 3 aromatic rings. The van der Waals surface area contributed by atoms with Crippen LogP contribution in [0.1, 0.15) is 36.8 Å². The lowest BCUT2D eigenvalue weighted by atomic mass is 9.73. The lowest BCUT2D eigenvalue weighted by molar-refractivity contribution is -0.0690. The minimum absolute atomic E-state index is 0.200. The number of hydrogen-bond acceptors (Lipinski definition) is 5. The van der Waals surface area contributed by atoms with Gasteiger partial charge in [0.1, 0.15) is 0 Å². The fourth-order valence-corrected chi connectivity index (χ4v) is 6.15. The van der Waals surface area contributed by atoms with Gasteiger partial charge in [-0.2, -0.15) is 5.10 Å². The van der Waals surface area contributed by atoms with Crippen molar-refractivity contribution in [2.24, 2.45) is 5.92 Å². The fourth-order valence-electron chi connectivity index (χ4n) is 4.83. The minimum Gasteiger partial charge on any atom is -0.389 e. The van der Waals surface area contributed by atoms with Crippen molar-refractivity contribution in [3.05, 3.63) is 41.5 Å². The van der Waals surface area contributed by atoms with Gasteiger partial charge in [-0.1, -0.05) is 12.1 Å². The third-order valence-electron chi connectivity index (χ3n) is 6.68. The first-order valence-corrected chi connectivity index (χ1v) is 11.8. The van der Waals surface area contributed by atoms with Gasteiger partial charge < -0.3 is 10.8 Å². The smallest absolute Gasteiger partial charge is 0.240 e. The Hall–Kier alpha value is -2.42. The van der Waals surface area contributed by atoms with Crippen LogP contribution in [0, 0.1) is 19.8 Å². The molecule has 0 aliphatic heterocycles. The Morgan fingerprint density at radius 3 is 2.53 bits per heavy atom. The number of hydrogen-bond donors (Lipinski definition) is 4. The summed E-state index contributed by atoms with van der Waals surface area (Å²) in [6, 6.07) is 8.91. The molecule has 5 N–H and O–H groups in total. The van der Waals surface area contributed by atoms with Crippen molar-refractivity contribution in [1.29, 1.82) is 0 Å². The third kappa shape index (κ3) is 3.10. The molecule has 1 heterocycles. The van der Waals surface area contributed by atoms with E-state index >= 15 is 0 Å². The van der Waals surface area contributed by atoms with Crippen LogP contribution in [-0.4, -0.2) is 35.4 Å². The quantitative estimate of drug-likeness (QED) is 0.500. The number of aromatic nitrogens is 2. The highest BCUT2D eigenvalue weighted by Gasteiger charge is 2.53. The average molecular weight is 427 g/mol. The molecule has 2 aliphatic rings. The molecule has 2 saturated carbocycles. The van der Waals surface area contributed by atoms with Crippen LogP contribution in [0.15, 0.2) is 35.2 Å². The van der Waals surface area contributed by atoms with Crippen LogP contribution in [0.2, 0.25) is 0 Å². The summed E-state index contributed by atoms with van der Waals surface area (Å²) in [6.45, 7) is 3.90. The largest absolute Gasteiger partial charge is 0.389 e. The van der Waals surface area contributed by atoms with Crippen LogP contribution in [0.5, 0.6) is 0 Å². The number of aliphatic hydroxyl groups is 1. The summed E-state index contributed by atoms with van der Waals surface area (Å²) in [7, 11) is -3.64. The van der Waals surface area contributed by atoms with Crippen LogP contribution in [0.3, 0.4) is 0 Å². The lowest BCUT2D eigenvalue weighted by Gasteiger charge is -2.44. The topological polar surface area (TPSA) is 121 Å². The predicted molar refractivity (Wildman–Crippen MR) is 116 cm³/mol. The molecule has 0 radical (unpaired) electrons. The second-order valence-electron chi connectivity index (χ2n) is 8.85. The van der Waals surface area contributed by atoms with Gasteiger partial charge in [-0.15, -0.1) is 0 Å². The van der Waals surface area contributed by atoms with E-state index < -0.39 is 15.6 Å². The van der Waals surface area contributed by atoms with Crippen LogP contribution in [0.4, 0.5) is 5.82 Å². The summed E-state index contributed by atoms with van der Waals surface area (Å²) in [4.78, 5) is 0.243. The summed E-state index contributed by atoms with van der Waals surface area (Å²) in [5.41, 5.74) is 10.0. The van der Waals surface area contributed by atoms with E-state index in [1.807, 2.05) is 32.0 Å². The van der Waals surface area contributed by atoms with Crippen molar-refractivity contribution in [2.45, 2.75) is 56.1 Å². The highest BCUT2D eigenvalue weighted by atomic mass is 32.2. The molecule has 0 saturated heterocycles. The molecule has 0 unspecified atom stereocenters. The first-order valence-electron chi connectivity index (χ1n) is 10.3. The van der Waals surface area contributed by atoms with Gasteiger partial charge in [-0.25, -0.2) is 13.1 Å². The number of aromatic amines is 1. The number of anilines is 1. The number of nitrogens with zero attached hydrogens (tertiary/aromatic N) is 1. The Kier molecular flexibility index (Phi) is 4.26. The second-order valence-corrected chi connectivity index (χ2v) is 10.6. The van der Waals surface area contributed by atoms with Crippen LogP contribution in [-0.2, 0) is 10.0 Å². The van der Waals surface area contributed by atoms with Gasteiger partial charge >= 0.3 is 0 Å². The Balaban J connectivity index is 1.41. The summed E-state index contributed by atoms with van der Waals surface area (Å²) < 4.78 is 28.5. The lowest BCUT2D eigenvalue weighted by Crippen LogP contribution is -2.56. The Morgan fingerprint density at radius 2 is 1.87 bits per heavy atom. The van der Waals surface area contributed by atoms with Crippen molar-refractivity contribution >= 4 is 26.7 Å². The molecule has 1 aromatic heterocycles. The van der Waals surface area contributed by atoms with Crippen molar-refractivity contribution in [3.63, 3.8) is 0 Å². The van der Waals surface area contributed by atoms with Gasteiger partial charge in [-0.05, 0) is 85.9 Å². The first-order chi connectivity index (χ1) is 14.2. The average Bonchev–Trinajstić information content (AvgIpc) is 3.45. The molecule has 5 rings (SSSR count). The van der Waals surface area contributed by atoms with Crippen LogP contribution in [0.25, 0.3) is 22.0 Å². The number of benzene rings is 2. The number of rotatable bonds is 5. The molecule has 2 fully saturated rings. The zero-order valence-electron chi connectivity index (χ0n) is 17.1. The number of H-pyrrole nitrogens is 1. The van der Waals surface area contributed by atoms with Crippen molar-refractivity contribution in [1.82, 2.24) is 14.9 Å². The van der Waals surface area contributed by atoms with E-state index in [-0.39, 0.29) is 10.9 Å². The fraction of sp³-hybridized carbons (Fsp3) is 0.409. The standard InChI is InChI=1S/C22H26N4O3S/c1-12-9-16(30(28,29)26-15-10-22(27,11-15)14-3-4-14)5-6-17(12)18-7-8-19-20(13(18)2)21(23)25-24-19/h5-9,14-15,26-27H,3-4,10-11H2,1-2H3,(H3,23,24,25). The van der Waals surface area contributed by atoms with Gasteiger partial charge in [0.2, 0.25) is 10.0 Å². The number of nitrogens with one attached hydrogen (secondary N) is 2. The molecule has 2 aliphatic carbocycles. The first kappa shape index (κ1) is 19.5. The number of sulfonamides is 1. The highest BCUT2D eigenvalue weighted by Crippen LogP contribution is 2.50. The second kappa shape index (κ2) is 6.54. The number of fused-ring (bicyclic) bond motifs is 1. The van der Waals surface area contributed by atoms with E-state index in [9.17, 15) is 13.5 Å². The van der Waals surface area contributed by atoms with E-state index in [4.69, 9.17) is 5.73 Å². The maximum atomic E-state index is 12.9. The van der Waals surface area contributed by atoms with Gasteiger partial charge in [0.15, 0.2) is 5.82 Å².